The second-order valence-electron chi connectivity index (χ2n) is 5.04. The molecule has 2 unspecified atom stereocenters. The van der Waals surface area contributed by atoms with Gasteiger partial charge in [-0.3, -0.25) is 9.69 Å². The van der Waals surface area contributed by atoms with Crippen LogP contribution in [0.4, 0.5) is 0 Å². The second-order valence-corrected chi connectivity index (χ2v) is 5.93. The van der Waals surface area contributed by atoms with Gasteiger partial charge >= 0.3 is 5.97 Å². The Balaban J connectivity index is 2.18. The minimum Gasteiger partial charge on any atom is -0.480 e. The Hall–Kier alpha value is -1.02. The molecule has 0 spiro atoms. The highest BCUT2D eigenvalue weighted by Gasteiger charge is 2.26. The van der Waals surface area contributed by atoms with Gasteiger partial charge in [0.05, 0.1) is 11.7 Å². The molecule has 7 heteroatoms. The molecule has 0 saturated carbocycles. The molecule has 2 rings (SSSR count). The molecule has 106 valence electrons. The number of aliphatic carboxylic acids is 1. The standard InChI is InChI=1S/C12H20N4O2S/c1-15-4-3-5-16(2)9(6-15)11-14-8(7-19-11)10(13)12(17)18/h7,9-10H,3-6,13H2,1-2H3,(H,17,18). The summed E-state index contributed by atoms with van der Waals surface area (Å²) in [5.74, 6) is -1.04. The van der Waals surface area contributed by atoms with Crippen molar-refractivity contribution in [3.63, 3.8) is 0 Å². The van der Waals surface area contributed by atoms with Gasteiger partial charge in [0.2, 0.25) is 0 Å². The highest BCUT2D eigenvalue weighted by atomic mass is 32.1. The van der Waals surface area contributed by atoms with Gasteiger partial charge in [-0.1, -0.05) is 0 Å². The highest BCUT2D eigenvalue weighted by molar-refractivity contribution is 7.09. The Morgan fingerprint density at radius 2 is 2.32 bits per heavy atom. The van der Waals surface area contributed by atoms with Crippen LogP contribution in [-0.2, 0) is 4.79 Å². The third-order valence-corrected chi connectivity index (χ3v) is 4.44. The van der Waals surface area contributed by atoms with E-state index < -0.39 is 12.0 Å². The molecular weight excluding hydrogens is 264 g/mol. The minimum atomic E-state index is -1.04. The van der Waals surface area contributed by atoms with E-state index in [4.69, 9.17) is 10.8 Å². The van der Waals surface area contributed by atoms with Crippen LogP contribution in [0.2, 0.25) is 0 Å². The molecule has 1 aromatic rings. The molecule has 1 aromatic heterocycles. The quantitative estimate of drug-likeness (QED) is 0.843. The number of hydrogen-bond acceptors (Lipinski definition) is 6. The first-order chi connectivity index (χ1) is 8.99. The molecule has 0 aromatic carbocycles. The molecule has 1 saturated heterocycles. The summed E-state index contributed by atoms with van der Waals surface area (Å²) in [6, 6.07) is -0.814. The van der Waals surface area contributed by atoms with E-state index in [1.807, 2.05) is 0 Å². The van der Waals surface area contributed by atoms with Crippen LogP contribution in [0.25, 0.3) is 0 Å². The predicted octanol–water partition coefficient (Wildman–Crippen LogP) is 0.536. The molecule has 1 fully saturated rings. The number of hydrogen-bond donors (Lipinski definition) is 2. The fourth-order valence-corrected chi connectivity index (χ4v) is 3.27. The zero-order chi connectivity index (χ0) is 14.0. The summed E-state index contributed by atoms with van der Waals surface area (Å²) in [7, 11) is 4.19. The topological polar surface area (TPSA) is 82.7 Å². The van der Waals surface area contributed by atoms with E-state index in [0.717, 1.165) is 31.1 Å². The van der Waals surface area contributed by atoms with Crippen LogP contribution in [0, 0.1) is 0 Å². The summed E-state index contributed by atoms with van der Waals surface area (Å²) < 4.78 is 0. The lowest BCUT2D eigenvalue weighted by Gasteiger charge is -2.25. The van der Waals surface area contributed by atoms with Crippen molar-refractivity contribution >= 4 is 17.3 Å². The molecular formula is C12H20N4O2S. The third-order valence-electron chi connectivity index (χ3n) is 3.48. The zero-order valence-electron chi connectivity index (χ0n) is 11.2. The van der Waals surface area contributed by atoms with Crippen LogP contribution in [0.1, 0.15) is 29.2 Å². The first kappa shape index (κ1) is 14.4. The summed E-state index contributed by atoms with van der Waals surface area (Å²) in [5.41, 5.74) is 6.05. The fraction of sp³-hybridized carbons (Fsp3) is 0.667. The number of carboxylic acids is 1. The average molecular weight is 284 g/mol. The van der Waals surface area contributed by atoms with Crippen molar-refractivity contribution in [2.24, 2.45) is 5.73 Å². The van der Waals surface area contributed by atoms with E-state index in [0.29, 0.717) is 5.69 Å². The number of carbonyl (C=O) groups is 1. The van der Waals surface area contributed by atoms with Crippen molar-refractivity contribution in [1.82, 2.24) is 14.8 Å². The van der Waals surface area contributed by atoms with Crippen molar-refractivity contribution in [2.45, 2.75) is 18.5 Å². The van der Waals surface area contributed by atoms with Crippen LogP contribution in [-0.4, -0.2) is 59.6 Å². The lowest BCUT2D eigenvalue weighted by Crippen LogP contribution is -2.30. The predicted molar refractivity (Wildman–Crippen MR) is 74.2 cm³/mol. The monoisotopic (exact) mass is 284 g/mol. The Kier molecular flexibility index (Phi) is 4.51. The van der Waals surface area contributed by atoms with E-state index in [-0.39, 0.29) is 6.04 Å². The summed E-state index contributed by atoms with van der Waals surface area (Å²) in [6.45, 7) is 3.01. The average Bonchev–Trinajstić information content (AvgIpc) is 2.77. The van der Waals surface area contributed by atoms with Gasteiger partial charge in [0, 0.05) is 11.9 Å². The molecule has 2 heterocycles. The molecule has 0 radical (unpaired) electrons. The van der Waals surface area contributed by atoms with Crippen LogP contribution in [0.3, 0.4) is 0 Å². The molecule has 0 aliphatic carbocycles. The van der Waals surface area contributed by atoms with Gasteiger partial charge in [0.15, 0.2) is 0 Å². The SMILES string of the molecule is CN1CCCN(C)C(c2nc(C(N)C(=O)O)cs2)C1. The largest absolute Gasteiger partial charge is 0.480 e. The number of nitrogens with two attached hydrogens (primary N) is 1. The maximum absolute atomic E-state index is 10.9. The number of aromatic nitrogens is 1. The summed E-state index contributed by atoms with van der Waals surface area (Å²) in [6.07, 6.45) is 1.14. The maximum Gasteiger partial charge on any atom is 0.326 e. The molecule has 0 bridgehead atoms. The molecule has 19 heavy (non-hydrogen) atoms. The number of thiazole rings is 1. The molecule has 1 aliphatic rings. The highest BCUT2D eigenvalue weighted by Crippen LogP contribution is 2.27. The van der Waals surface area contributed by atoms with Crippen molar-refractivity contribution in [2.75, 3.05) is 33.7 Å². The van der Waals surface area contributed by atoms with Gasteiger partial charge in [-0.25, -0.2) is 4.98 Å². The molecule has 2 atom stereocenters. The summed E-state index contributed by atoms with van der Waals surface area (Å²) in [4.78, 5) is 19.9. The van der Waals surface area contributed by atoms with E-state index in [9.17, 15) is 4.79 Å². The number of nitrogens with zero attached hydrogens (tertiary/aromatic N) is 3. The van der Waals surface area contributed by atoms with Crippen molar-refractivity contribution in [3.8, 4) is 0 Å². The van der Waals surface area contributed by atoms with Crippen molar-refractivity contribution < 1.29 is 9.90 Å². The Bertz CT molecular complexity index is 451. The van der Waals surface area contributed by atoms with Crippen molar-refractivity contribution in [3.05, 3.63) is 16.1 Å². The van der Waals surface area contributed by atoms with Gasteiger partial charge < -0.3 is 15.7 Å². The Labute approximate surface area is 116 Å². The normalized spacial score (nSPS) is 24.1. The summed E-state index contributed by atoms with van der Waals surface area (Å²) >= 11 is 1.49. The van der Waals surface area contributed by atoms with Crippen molar-refractivity contribution in [1.29, 1.82) is 0 Å². The molecule has 6 nitrogen and oxygen atoms in total. The van der Waals surface area contributed by atoms with Crippen LogP contribution in [0.15, 0.2) is 5.38 Å². The summed E-state index contributed by atoms with van der Waals surface area (Å²) in [5, 5.41) is 11.6. The minimum absolute atomic E-state index is 0.215. The number of rotatable bonds is 3. The Morgan fingerprint density at radius 3 is 3.00 bits per heavy atom. The first-order valence-corrected chi connectivity index (χ1v) is 7.19. The maximum atomic E-state index is 10.9. The van der Waals surface area contributed by atoms with Gasteiger partial charge in [0.25, 0.3) is 0 Å². The van der Waals surface area contributed by atoms with Gasteiger partial charge in [0.1, 0.15) is 11.0 Å². The van der Waals surface area contributed by atoms with Gasteiger partial charge in [-0.15, -0.1) is 11.3 Å². The van der Waals surface area contributed by atoms with Crippen LogP contribution < -0.4 is 5.73 Å². The van der Waals surface area contributed by atoms with E-state index in [1.54, 1.807) is 5.38 Å². The molecule has 1 aliphatic heterocycles. The number of likely N-dealkylation sites (N-methyl/N-ethyl adjacent to an activating group) is 2. The molecule has 0 amide bonds. The van der Waals surface area contributed by atoms with Gasteiger partial charge in [-0.05, 0) is 33.6 Å². The van der Waals surface area contributed by atoms with Crippen LogP contribution >= 0.6 is 11.3 Å². The van der Waals surface area contributed by atoms with E-state index in [1.165, 1.54) is 11.3 Å². The lowest BCUT2D eigenvalue weighted by molar-refractivity contribution is -0.138. The third kappa shape index (κ3) is 3.30. The number of carboxylic acid groups (broad SMARTS) is 1. The van der Waals surface area contributed by atoms with Crippen LogP contribution in [0.5, 0.6) is 0 Å². The van der Waals surface area contributed by atoms with E-state index in [2.05, 4.69) is 28.9 Å². The second kappa shape index (κ2) is 5.96. The lowest BCUT2D eigenvalue weighted by atomic mass is 10.2. The molecule has 3 N–H and O–H groups in total. The fourth-order valence-electron chi connectivity index (χ4n) is 2.26. The van der Waals surface area contributed by atoms with Gasteiger partial charge in [-0.2, -0.15) is 0 Å². The smallest absolute Gasteiger partial charge is 0.326 e. The van der Waals surface area contributed by atoms with E-state index >= 15 is 0 Å². The Morgan fingerprint density at radius 1 is 1.58 bits per heavy atom. The zero-order valence-corrected chi connectivity index (χ0v) is 12.1. The first-order valence-electron chi connectivity index (χ1n) is 6.31.